The molecule has 0 saturated carbocycles. The molecule has 1 aliphatic rings. The number of hydrogen-bond donors (Lipinski definition) is 5. The van der Waals surface area contributed by atoms with Gasteiger partial charge in [-0.25, -0.2) is 4.39 Å². The first-order valence-corrected chi connectivity index (χ1v) is 11.5. The molecular weight excluding hydrogens is 465 g/mol. The SMILES string of the molecule is N[C@H](CCC(=O)N1CCCCOC[C@@H](O)[C@H](O)[C@@H](O)CN(C(=O)c2ccc(F)cc2)CC1)C(=O)O. The number of carboxylic acid groups (broad SMARTS) is 1. The number of aliphatic carboxylic acids is 1. The molecule has 12 heteroatoms. The standard InChI is InChI=1S/C23H34FN3O8/c24-16-5-3-15(4-6-16)22(32)27-11-10-26(20(30)8-7-17(25)23(33)34)9-1-2-12-35-14-19(29)21(31)18(28)13-27/h3-6,17-19,21,28-29,31H,1-2,7-14,25H2,(H,33,34)/t17-,18+,19-,21-/m1/s1. The molecule has 6 N–H and O–H groups in total. The minimum absolute atomic E-state index is 0.0245. The number of ether oxygens (including phenoxy) is 1. The van der Waals surface area contributed by atoms with Crippen molar-refractivity contribution in [3.63, 3.8) is 0 Å². The normalized spacial score (nSPS) is 23.9. The van der Waals surface area contributed by atoms with Crippen LogP contribution in [0.15, 0.2) is 24.3 Å². The fourth-order valence-electron chi connectivity index (χ4n) is 3.61. The summed E-state index contributed by atoms with van der Waals surface area (Å²) in [6.45, 7) is 0.0433. The highest BCUT2D eigenvalue weighted by Gasteiger charge is 2.29. The molecule has 1 aromatic rings. The van der Waals surface area contributed by atoms with Crippen molar-refractivity contribution in [3.05, 3.63) is 35.6 Å². The van der Waals surface area contributed by atoms with Crippen LogP contribution in [-0.2, 0) is 14.3 Å². The lowest BCUT2D eigenvalue weighted by atomic mass is 10.1. The number of β-amino-alcohol motifs (C(OH)–C–C–N with tert-alkyl or cyclic N) is 1. The number of nitrogens with two attached hydrogens (primary N) is 1. The van der Waals surface area contributed by atoms with Gasteiger partial charge in [0, 0.05) is 44.8 Å². The Labute approximate surface area is 202 Å². The van der Waals surface area contributed by atoms with E-state index in [1.807, 2.05) is 0 Å². The Bertz CT molecular complexity index is 841. The first-order valence-electron chi connectivity index (χ1n) is 11.5. The smallest absolute Gasteiger partial charge is 0.320 e. The molecule has 2 rings (SSSR count). The number of halogens is 1. The molecule has 0 spiro atoms. The summed E-state index contributed by atoms with van der Waals surface area (Å²) in [5.41, 5.74) is 5.65. The third-order valence-corrected chi connectivity index (χ3v) is 5.81. The van der Waals surface area contributed by atoms with Crippen molar-refractivity contribution in [2.45, 2.75) is 50.0 Å². The summed E-state index contributed by atoms with van der Waals surface area (Å²) in [5, 5.41) is 39.8. The van der Waals surface area contributed by atoms with E-state index in [4.69, 9.17) is 15.6 Å². The zero-order chi connectivity index (χ0) is 26.0. The predicted molar refractivity (Wildman–Crippen MR) is 122 cm³/mol. The maximum atomic E-state index is 13.3. The number of aliphatic hydroxyl groups is 3. The van der Waals surface area contributed by atoms with Gasteiger partial charge in [-0.2, -0.15) is 0 Å². The van der Waals surface area contributed by atoms with Crippen LogP contribution in [0, 0.1) is 5.82 Å². The summed E-state index contributed by atoms with van der Waals surface area (Å²) < 4.78 is 18.7. The van der Waals surface area contributed by atoms with Crippen LogP contribution in [-0.4, -0.2) is 112 Å². The Morgan fingerprint density at radius 1 is 1.03 bits per heavy atom. The third-order valence-electron chi connectivity index (χ3n) is 5.81. The van der Waals surface area contributed by atoms with Crippen molar-refractivity contribution in [3.8, 4) is 0 Å². The number of nitrogens with zero attached hydrogens (tertiary/aromatic N) is 2. The summed E-state index contributed by atoms with van der Waals surface area (Å²) in [4.78, 5) is 39.5. The van der Waals surface area contributed by atoms with Gasteiger partial charge in [-0.15, -0.1) is 0 Å². The van der Waals surface area contributed by atoms with Gasteiger partial charge in [-0.3, -0.25) is 14.4 Å². The quantitative estimate of drug-likeness (QED) is 0.347. The molecule has 4 atom stereocenters. The van der Waals surface area contributed by atoms with E-state index in [2.05, 4.69) is 0 Å². The molecule has 0 bridgehead atoms. The highest BCUT2D eigenvalue weighted by molar-refractivity contribution is 5.94. The first kappa shape index (κ1) is 28.6. The fourth-order valence-corrected chi connectivity index (χ4v) is 3.61. The van der Waals surface area contributed by atoms with Crippen LogP contribution in [0.4, 0.5) is 4.39 Å². The summed E-state index contributed by atoms with van der Waals surface area (Å²) in [7, 11) is 0. The first-order chi connectivity index (χ1) is 16.6. The van der Waals surface area contributed by atoms with Crippen molar-refractivity contribution in [2.75, 3.05) is 39.4 Å². The molecular formula is C23H34FN3O8. The minimum atomic E-state index is -1.59. The van der Waals surface area contributed by atoms with Gasteiger partial charge < -0.3 is 40.7 Å². The van der Waals surface area contributed by atoms with E-state index in [1.165, 1.54) is 21.9 Å². The number of rotatable bonds is 5. The minimum Gasteiger partial charge on any atom is -0.480 e. The van der Waals surface area contributed by atoms with Crippen molar-refractivity contribution >= 4 is 17.8 Å². The average molecular weight is 500 g/mol. The van der Waals surface area contributed by atoms with Gasteiger partial charge in [0.05, 0.1) is 6.61 Å². The number of carboxylic acids is 1. The van der Waals surface area contributed by atoms with Crippen LogP contribution in [0.2, 0.25) is 0 Å². The lowest BCUT2D eigenvalue weighted by molar-refractivity contribution is -0.139. The van der Waals surface area contributed by atoms with E-state index in [9.17, 15) is 34.1 Å². The molecule has 11 nitrogen and oxygen atoms in total. The lowest BCUT2D eigenvalue weighted by Gasteiger charge is -2.32. The van der Waals surface area contributed by atoms with Crippen LogP contribution in [0.1, 0.15) is 36.0 Å². The zero-order valence-corrected chi connectivity index (χ0v) is 19.5. The van der Waals surface area contributed by atoms with E-state index < -0.39 is 42.0 Å². The van der Waals surface area contributed by atoms with Crippen LogP contribution in [0.25, 0.3) is 0 Å². The van der Waals surface area contributed by atoms with Gasteiger partial charge in [0.2, 0.25) is 5.91 Å². The molecule has 0 aromatic heterocycles. The molecule has 1 heterocycles. The van der Waals surface area contributed by atoms with Crippen LogP contribution in [0.5, 0.6) is 0 Å². The molecule has 0 unspecified atom stereocenters. The maximum Gasteiger partial charge on any atom is 0.320 e. The molecule has 2 amide bonds. The number of carbonyl (C=O) groups excluding carboxylic acids is 2. The Kier molecular flexibility index (Phi) is 11.5. The van der Waals surface area contributed by atoms with Gasteiger partial charge in [0.1, 0.15) is 30.2 Å². The van der Waals surface area contributed by atoms with Crippen molar-refractivity contribution < 1.29 is 43.9 Å². The monoisotopic (exact) mass is 499 g/mol. The van der Waals surface area contributed by atoms with E-state index in [1.54, 1.807) is 0 Å². The highest BCUT2D eigenvalue weighted by atomic mass is 19.1. The fraction of sp³-hybridized carbons (Fsp3) is 0.609. The second-order valence-electron chi connectivity index (χ2n) is 8.53. The summed E-state index contributed by atoms with van der Waals surface area (Å²) in [6, 6.07) is 3.62. The Morgan fingerprint density at radius 3 is 2.34 bits per heavy atom. The van der Waals surface area contributed by atoms with Crippen LogP contribution < -0.4 is 5.73 Å². The average Bonchev–Trinajstić information content (AvgIpc) is 2.83. The largest absolute Gasteiger partial charge is 0.480 e. The van der Waals surface area contributed by atoms with Crippen molar-refractivity contribution in [1.29, 1.82) is 0 Å². The van der Waals surface area contributed by atoms with Crippen molar-refractivity contribution in [2.24, 2.45) is 5.73 Å². The molecule has 196 valence electrons. The topological polar surface area (TPSA) is 174 Å². The molecule has 35 heavy (non-hydrogen) atoms. The van der Waals surface area contributed by atoms with Crippen LogP contribution in [0.3, 0.4) is 0 Å². The van der Waals surface area contributed by atoms with E-state index >= 15 is 0 Å². The Hall–Kier alpha value is -2.64. The number of aliphatic hydroxyl groups excluding tert-OH is 3. The molecule has 0 radical (unpaired) electrons. The number of amides is 2. The van der Waals surface area contributed by atoms with E-state index in [-0.39, 0.29) is 57.2 Å². The summed E-state index contributed by atoms with van der Waals surface area (Å²) in [6.07, 6.45) is -3.52. The maximum absolute atomic E-state index is 13.3. The Morgan fingerprint density at radius 2 is 1.69 bits per heavy atom. The second-order valence-corrected chi connectivity index (χ2v) is 8.53. The molecule has 1 aromatic carbocycles. The van der Waals surface area contributed by atoms with Crippen LogP contribution >= 0.6 is 0 Å². The second kappa shape index (κ2) is 14.0. The van der Waals surface area contributed by atoms with E-state index in [0.29, 0.717) is 19.4 Å². The number of benzene rings is 1. The van der Waals surface area contributed by atoms with Gasteiger partial charge in [0.25, 0.3) is 5.91 Å². The Balaban J connectivity index is 2.21. The van der Waals surface area contributed by atoms with Crippen molar-refractivity contribution in [1.82, 2.24) is 9.80 Å². The van der Waals surface area contributed by atoms with Gasteiger partial charge in [-0.1, -0.05) is 0 Å². The molecule has 1 saturated heterocycles. The molecule has 1 aliphatic heterocycles. The highest BCUT2D eigenvalue weighted by Crippen LogP contribution is 2.12. The summed E-state index contributed by atoms with van der Waals surface area (Å²) in [5.74, 6) is -2.63. The summed E-state index contributed by atoms with van der Waals surface area (Å²) >= 11 is 0. The van der Waals surface area contributed by atoms with Gasteiger partial charge >= 0.3 is 5.97 Å². The third kappa shape index (κ3) is 9.15. The number of carbonyl (C=O) groups is 3. The number of hydrogen-bond acceptors (Lipinski definition) is 8. The lowest BCUT2D eigenvalue weighted by Crippen LogP contribution is -2.50. The van der Waals surface area contributed by atoms with Gasteiger partial charge in [0.15, 0.2) is 0 Å². The van der Waals surface area contributed by atoms with Gasteiger partial charge in [-0.05, 0) is 43.5 Å². The zero-order valence-electron chi connectivity index (χ0n) is 19.5. The molecule has 1 fully saturated rings. The molecule has 0 aliphatic carbocycles. The van der Waals surface area contributed by atoms with E-state index in [0.717, 1.165) is 12.1 Å². The predicted octanol–water partition coefficient (Wildman–Crippen LogP) is -0.818.